The van der Waals surface area contributed by atoms with E-state index in [1.807, 2.05) is 20.9 Å². The summed E-state index contributed by atoms with van der Waals surface area (Å²) in [4.78, 5) is 13.0. The molecule has 0 aliphatic heterocycles. The van der Waals surface area contributed by atoms with Crippen molar-refractivity contribution in [3.63, 3.8) is 0 Å². The van der Waals surface area contributed by atoms with Gasteiger partial charge in [-0.3, -0.25) is 4.79 Å². The summed E-state index contributed by atoms with van der Waals surface area (Å²) in [5, 5.41) is 9.02. The molecule has 78 valence electrons. The molecule has 0 aromatic rings. The molecule has 13 heavy (non-hydrogen) atoms. The average Bonchev–Trinajstić information content (AvgIpc) is 2.04. The van der Waals surface area contributed by atoms with Gasteiger partial charge in [0.2, 0.25) is 0 Å². The molecule has 0 saturated carbocycles. The third-order valence-corrected chi connectivity index (χ3v) is 2.52. The van der Waals surface area contributed by atoms with Gasteiger partial charge < -0.3 is 10.0 Å². The van der Waals surface area contributed by atoms with Crippen molar-refractivity contribution in [2.24, 2.45) is 5.41 Å². The van der Waals surface area contributed by atoms with Gasteiger partial charge in [0, 0.05) is 6.54 Å². The maximum Gasteiger partial charge on any atom is 0.310 e. The Bertz CT molecular complexity index is 170. The van der Waals surface area contributed by atoms with Crippen molar-refractivity contribution < 1.29 is 9.90 Å². The molecule has 0 aliphatic rings. The summed E-state index contributed by atoms with van der Waals surface area (Å²) in [6.45, 7) is 7.42. The van der Waals surface area contributed by atoms with E-state index in [4.69, 9.17) is 5.11 Å². The van der Waals surface area contributed by atoms with Crippen molar-refractivity contribution in [2.75, 3.05) is 20.1 Å². The third kappa shape index (κ3) is 3.77. The quantitative estimate of drug-likeness (QED) is 0.689. The van der Waals surface area contributed by atoms with E-state index >= 15 is 0 Å². The highest BCUT2D eigenvalue weighted by atomic mass is 16.4. The van der Waals surface area contributed by atoms with Crippen LogP contribution in [0.3, 0.4) is 0 Å². The predicted molar refractivity (Wildman–Crippen MR) is 53.8 cm³/mol. The molecule has 0 bridgehead atoms. The molecule has 3 heteroatoms. The second-order valence-electron chi connectivity index (χ2n) is 3.96. The van der Waals surface area contributed by atoms with Gasteiger partial charge in [0.1, 0.15) is 0 Å². The molecule has 0 saturated heterocycles. The van der Waals surface area contributed by atoms with Crippen molar-refractivity contribution in [3.05, 3.63) is 0 Å². The lowest BCUT2D eigenvalue weighted by Gasteiger charge is -2.28. The van der Waals surface area contributed by atoms with Gasteiger partial charge in [-0.1, -0.05) is 13.8 Å². The molecular formula is C10H21NO2. The van der Waals surface area contributed by atoms with Crippen LogP contribution in [0.5, 0.6) is 0 Å². The zero-order valence-corrected chi connectivity index (χ0v) is 9.13. The average molecular weight is 187 g/mol. The topological polar surface area (TPSA) is 40.5 Å². The van der Waals surface area contributed by atoms with Crippen LogP contribution in [-0.2, 0) is 4.79 Å². The van der Waals surface area contributed by atoms with Crippen molar-refractivity contribution >= 4 is 5.97 Å². The largest absolute Gasteiger partial charge is 0.481 e. The molecule has 0 rings (SSSR count). The van der Waals surface area contributed by atoms with Gasteiger partial charge >= 0.3 is 5.97 Å². The molecule has 0 heterocycles. The van der Waals surface area contributed by atoms with Crippen LogP contribution in [0.4, 0.5) is 0 Å². The van der Waals surface area contributed by atoms with E-state index in [0.29, 0.717) is 13.0 Å². The second-order valence-corrected chi connectivity index (χ2v) is 3.96. The number of aliphatic carboxylic acids is 1. The van der Waals surface area contributed by atoms with Crippen molar-refractivity contribution in [1.82, 2.24) is 4.90 Å². The molecule has 0 spiro atoms. The summed E-state index contributed by atoms with van der Waals surface area (Å²) in [7, 11) is 1.97. The van der Waals surface area contributed by atoms with Gasteiger partial charge in [-0.15, -0.1) is 0 Å². The Kier molecular flexibility index (Phi) is 4.99. The minimum Gasteiger partial charge on any atom is -0.481 e. The Morgan fingerprint density at radius 3 is 2.31 bits per heavy atom. The molecule has 0 radical (unpaired) electrons. The van der Waals surface area contributed by atoms with Crippen molar-refractivity contribution in [1.29, 1.82) is 0 Å². The Labute approximate surface area is 80.7 Å². The van der Waals surface area contributed by atoms with Crippen molar-refractivity contribution in [2.45, 2.75) is 33.6 Å². The standard InChI is InChI=1S/C10H21NO2/c1-5-7-11(4)8-10(3,6-2)9(12)13/h5-8H2,1-4H3,(H,12,13). The number of hydrogen-bond donors (Lipinski definition) is 1. The number of hydrogen-bond acceptors (Lipinski definition) is 2. The van der Waals surface area contributed by atoms with Gasteiger partial charge in [-0.05, 0) is 33.4 Å². The molecule has 1 atom stereocenters. The summed E-state index contributed by atoms with van der Waals surface area (Å²) in [6.07, 6.45) is 1.74. The maximum atomic E-state index is 11.0. The summed E-state index contributed by atoms with van der Waals surface area (Å²) in [5.41, 5.74) is -0.593. The van der Waals surface area contributed by atoms with Gasteiger partial charge in [-0.2, -0.15) is 0 Å². The monoisotopic (exact) mass is 187 g/mol. The summed E-state index contributed by atoms with van der Waals surface area (Å²) in [6, 6.07) is 0. The molecule has 0 aromatic carbocycles. The zero-order chi connectivity index (χ0) is 10.5. The minimum atomic E-state index is -0.696. The van der Waals surface area contributed by atoms with E-state index in [9.17, 15) is 4.79 Å². The zero-order valence-electron chi connectivity index (χ0n) is 9.13. The Morgan fingerprint density at radius 1 is 1.46 bits per heavy atom. The van der Waals surface area contributed by atoms with E-state index in [0.717, 1.165) is 13.0 Å². The van der Waals surface area contributed by atoms with Crippen LogP contribution in [0, 0.1) is 5.41 Å². The third-order valence-electron chi connectivity index (χ3n) is 2.52. The van der Waals surface area contributed by atoms with Crippen LogP contribution in [0.2, 0.25) is 0 Å². The van der Waals surface area contributed by atoms with E-state index in [1.165, 1.54) is 0 Å². The highest BCUT2D eigenvalue weighted by molar-refractivity contribution is 5.74. The Balaban J connectivity index is 4.18. The highest BCUT2D eigenvalue weighted by Crippen LogP contribution is 2.22. The smallest absolute Gasteiger partial charge is 0.310 e. The van der Waals surface area contributed by atoms with E-state index in [-0.39, 0.29) is 0 Å². The van der Waals surface area contributed by atoms with Crippen LogP contribution >= 0.6 is 0 Å². The lowest BCUT2D eigenvalue weighted by molar-refractivity contribution is -0.149. The van der Waals surface area contributed by atoms with E-state index in [2.05, 4.69) is 11.8 Å². The number of carboxylic acid groups (broad SMARTS) is 1. The molecule has 3 nitrogen and oxygen atoms in total. The molecule has 0 fully saturated rings. The van der Waals surface area contributed by atoms with E-state index in [1.54, 1.807) is 0 Å². The molecule has 0 aromatic heterocycles. The number of nitrogens with zero attached hydrogens (tertiary/aromatic N) is 1. The van der Waals surface area contributed by atoms with Crippen molar-refractivity contribution in [3.8, 4) is 0 Å². The second kappa shape index (κ2) is 5.22. The molecular weight excluding hydrogens is 166 g/mol. The summed E-state index contributed by atoms with van der Waals surface area (Å²) in [5.74, 6) is -0.696. The summed E-state index contributed by atoms with van der Waals surface area (Å²) < 4.78 is 0. The Morgan fingerprint density at radius 2 is 2.00 bits per heavy atom. The van der Waals surface area contributed by atoms with E-state index < -0.39 is 11.4 Å². The van der Waals surface area contributed by atoms with Crippen LogP contribution in [0.1, 0.15) is 33.6 Å². The lowest BCUT2D eigenvalue weighted by Crippen LogP contribution is -2.39. The predicted octanol–water partition coefficient (Wildman–Crippen LogP) is 1.83. The number of carbonyl (C=O) groups is 1. The fourth-order valence-corrected chi connectivity index (χ4v) is 1.39. The summed E-state index contributed by atoms with van der Waals surface area (Å²) >= 11 is 0. The lowest BCUT2D eigenvalue weighted by atomic mass is 9.87. The molecule has 1 N–H and O–H groups in total. The highest BCUT2D eigenvalue weighted by Gasteiger charge is 2.31. The Hall–Kier alpha value is -0.570. The first-order valence-electron chi connectivity index (χ1n) is 4.88. The SMILES string of the molecule is CCCN(C)CC(C)(CC)C(=O)O. The number of carboxylic acids is 1. The van der Waals surface area contributed by atoms with Gasteiger partial charge in [0.15, 0.2) is 0 Å². The first-order chi connectivity index (χ1) is 5.96. The molecule has 0 aliphatic carbocycles. The first-order valence-corrected chi connectivity index (χ1v) is 4.88. The fourth-order valence-electron chi connectivity index (χ4n) is 1.39. The fraction of sp³-hybridized carbons (Fsp3) is 0.900. The molecule has 0 amide bonds. The van der Waals surface area contributed by atoms with Gasteiger partial charge in [-0.25, -0.2) is 0 Å². The first kappa shape index (κ1) is 12.4. The van der Waals surface area contributed by atoms with Gasteiger partial charge in [0.25, 0.3) is 0 Å². The number of rotatable bonds is 6. The van der Waals surface area contributed by atoms with Crippen LogP contribution < -0.4 is 0 Å². The maximum absolute atomic E-state index is 11.0. The normalized spacial score (nSPS) is 15.8. The molecule has 1 unspecified atom stereocenters. The van der Waals surface area contributed by atoms with Crippen LogP contribution in [-0.4, -0.2) is 36.1 Å². The van der Waals surface area contributed by atoms with Crippen LogP contribution in [0.15, 0.2) is 0 Å². The minimum absolute atomic E-state index is 0.593. The van der Waals surface area contributed by atoms with Gasteiger partial charge in [0.05, 0.1) is 5.41 Å². The van der Waals surface area contributed by atoms with Crippen LogP contribution in [0.25, 0.3) is 0 Å².